The molecule has 0 fully saturated rings. The molecule has 0 saturated carbocycles. The van der Waals surface area contributed by atoms with E-state index in [2.05, 4.69) is 25.3 Å². The molecule has 0 aliphatic rings. The van der Waals surface area contributed by atoms with Gasteiger partial charge in [-0.3, -0.25) is 10.1 Å². The van der Waals surface area contributed by atoms with Gasteiger partial charge in [0.1, 0.15) is 11.1 Å². The zero-order valence-corrected chi connectivity index (χ0v) is 19.8. The molecule has 0 aliphatic carbocycles. The third kappa shape index (κ3) is 4.61. The molecule has 0 aliphatic heterocycles. The molecule has 2 heterocycles. The minimum atomic E-state index is -0.510. The van der Waals surface area contributed by atoms with Crippen molar-refractivity contribution in [1.82, 2.24) is 19.9 Å². The number of hydrogen-bond acceptors (Lipinski definition) is 10. The van der Waals surface area contributed by atoms with Crippen LogP contribution in [-0.2, 0) is 4.79 Å². The normalized spacial score (nSPS) is 11.0. The van der Waals surface area contributed by atoms with Gasteiger partial charge in [-0.15, -0.1) is 0 Å². The Morgan fingerprint density at radius 2 is 1.59 bits per heavy atom. The predicted octanol–water partition coefficient (Wildman–Crippen LogP) is 4.35. The fourth-order valence-corrected chi connectivity index (χ4v) is 3.50. The van der Waals surface area contributed by atoms with Crippen LogP contribution in [0.5, 0.6) is 23.1 Å². The Bertz CT molecular complexity index is 1390. The van der Waals surface area contributed by atoms with Crippen LogP contribution in [0.25, 0.3) is 21.8 Å². The smallest absolute Gasteiger partial charge is 0.309 e. The number of aromatic nitrogens is 4. The predicted molar refractivity (Wildman–Crippen MR) is 127 cm³/mol. The Balaban J connectivity index is 1.80. The number of ether oxygens (including phenoxy) is 4. The van der Waals surface area contributed by atoms with Crippen LogP contribution >= 0.6 is 0 Å². The molecule has 0 bridgehead atoms. The lowest BCUT2D eigenvalue weighted by Crippen LogP contribution is -2.10. The zero-order chi connectivity index (χ0) is 24.4. The molecule has 0 unspecified atom stereocenters. The van der Waals surface area contributed by atoms with Gasteiger partial charge in [-0.2, -0.15) is 4.98 Å². The summed E-state index contributed by atoms with van der Waals surface area (Å²) in [5, 5.41) is 4.34. The third-order valence-corrected chi connectivity index (χ3v) is 4.87. The molecule has 0 amide bonds. The number of carbonyl (C=O) groups excluding carboxylic acids is 1. The van der Waals surface area contributed by atoms with Crippen LogP contribution in [0.4, 0.5) is 11.9 Å². The molecule has 2 aromatic carbocycles. The lowest BCUT2D eigenvalue weighted by molar-refractivity contribution is -0.132. The van der Waals surface area contributed by atoms with Crippen LogP contribution in [0.15, 0.2) is 30.3 Å². The van der Waals surface area contributed by atoms with Gasteiger partial charge < -0.3 is 18.9 Å². The molecule has 10 heteroatoms. The van der Waals surface area contributed by atoms with E-state index < -0.39 is 5.97 Å². The Morgan fingerprint density at radius 1 is 0.912 bits per heavy atom. The molecule has 0 radical (unpaired) electrons. The molecule has 1 N–H and O–H groups in total. The summed E-state index contributed by atoms with van der Waals surface area (Å²) < 4.78 is 22.0. The summed E-state index contributed by atoms with van der Waals surface area (Å²) in [5.74, 6) is 1.68. The van der Waals surface area contributed by atoms with Crippen LogP contribution in [0.3, 0.4) is 0 Å². The lowest BCUT2D eigenvalue weighted by atomic mass is 10.1. The van der Waals surface area contributed by atoms with Gasteiger partial charge >= 0.3 is 5.97 Å². The molecule has 0 atom stereocenters. The molecule has 4 rings (SSSR count). The first-order chi connectivity index (χ1) is 16.3. The van der Waals surface area contributed by atoms with Crippen molar-refractivity contribution in [2.75, 3.05) is 19.5 Å². The van der Waals surface area contributed by atoms with Crippen molar-refractivity contribution in [3.8, 4) is 23.1 Å². The van der Waals surface area contributed by atoms with E-state index in [9.17, 15) is 4.79 Å². The average Bonchev–Trinajstić information content (AvgIpc) is 2.77. The SMILES string of the molecule is COc1cc2nc(Nc3nc(OC(C)=O)c4c(OC(C)C)cccc4n3)nc(C)c2cc1OC. The molecule has 176 valence electrons. The highest BCUT2D eigenvalue weighted by Crippen LogP contribution is 2.35. The van der Waals surface area contributed by atoms with E-state index >= 15 is 0 Å². The summed E-state index contributed by atoms with van der Waals surface area (Å²) >= 11 is 0. The van der Waals surface area contributed by atoms with Gasteiger partial charge in [0.25, 0.3) is 0 Å². The maximum atomic E-state index is 11.8. The summed E-state index contributed by atoms with van der Waals surface area (Å²) in [4.78, 5) is 29.8. The summed E-state index contributed by atoms with van der Waals surface area (Å²) in [6.07, 6.45) is -0.0850. The molecule has 0 saturated heterocycles. The highest BCUT2D eigenvalue weighted by Gasteiger charge is 2.18. The van der Waals surface area contributed by atoms with Crippen molar-refractivity contribution in [1.29, 1.82) is 0 Å². The molecule has 0 spiro atoms. The molecular weight excluding hydrogens is 438 g/mol. The van der Waals surface area contributed by atoms with E-state index in [-0.39, 0.29) is 23.9 Å². The van der Waals surface area contributed by atoms with E-state index in [1.807, 2.05) is 32.9 Å². The molecule has 4 aromatic rings. The molecule has 34 heavy (non-hydrogen) atoms. The van der Waals surface area contributed by atoms with E-state index in [0.29, 0.717) is 33.7 Å². The highest BCUT2D eigenvalue weighted by molar-refractivity contribution is 5.92. The van der Waals surface area contributed by atoms with Crippen molar-refractivity contribution in [3.05, 3.63) is 36.0 Å². The van der Waals surface area contributed by atoms with Gasteiger partial charge in [-0.1, -0.05) is 6.07 Å². The van der Waals surface area contributed by atoms with Crippen molar-refractivity contribution in [3.63, 3.8) is 0 Å². The van der Waals surface area contributed by atoms with Crippen LogP contribution in [0.2, 0.25) is 0 Å². The van der Waals surface area contributed by atoms with Crippen molar-refractivity contribution in [2.45, 2.75) is 33.8 Å². The van der Waals surface area contributed by atoms with Crippen LogP contribution < -0.4 is 24.3 Å². The largest absolute Gasteiger partial charge is 0.493 e. The number of benzene rings is 2. The molecular formula is C24H25N5O5. The highest BCUT2D eigenvalue weighted by atomic mass is 16.5. The minimum absolute atomic E-state index is 0.0835. The van der Waals surface area contributed by atoms with E-state index in [4.69, 9.17) is 18.9 Å². The van der Waals surface area contributed by atoms with Gasteiger partial charge in [-0.25, -0.2) is 15.0 Å². The fraction of sp³-hybridized carbons (Fsp3) is 0.292. The summed E-state index contributed by atoms with van der Waals surface area (Å²) in [6, 6.07) is 8.98. The Morgan fingerprint density at radius 3 is 2.26 bits per heavy atom. The summed E-state index contributed by atoms with van der Waals surface area (Å²) in [5.41, 5.74) is 1.92. The lowest BCUT2D eigenvalue weighted by Gasteiger charge is -2.15. The van der Waals surface area contributed by atoms with Gasteiger partial charge in [0, 0.05) is 18.4 Å². The first kappa shape index (κ1) is 23.0. The number of nitrogens with zero attached hydrogens (tertiary/aromatic N) is 4. The van der Waals surface area contributed by atoms with E-state index in [0.717, 1.165) is 11.1 Å². The van der Waals surface area contributed by atoms with Crippen LogP contribution in [0.1, 0.15) is 26.5 Å². The van der Waals surface area contributed by atoms with Crippen molar-refractivity contribution in [2.24, 2.45) is 0 Å². The number of anilines is 2. The second-order valence-corrected chi connectivity index (χ2v) is 7.74. The van der Waals surface area contributed by atoms with Gasteiger partial charge in [-0.05, 0) is 39.0 Å². The molecule has 2 aromatic heterocycles. The fourth-order valence-electron chi connectivity index (χ4n) is 3.50. The standard InChI is InChI=1S/C24H25N5O5/c1-12(2)33-18-9-7-8-16-21(18)22(34-14(4)30)28-24(26-16)29-23-25-13(3)15-10-19(31-5)20(32-6)11-17(15)27-23/h7-12H,1-6H3,(H,25,26,27,28,29). The maximum absolute atomic E-state index is 11.8. The maximum Gasteiger partial charge on any atom is 0.309 e. The van der Waals surface area contributed by atoms with Gasteiger partial charge in [0.2, 0.25) is 17.8 Å². The number of methoxy groups -OCH3 is 2. The molecule has 10 nitrogen and oxygen atoms in total. The number of aryl methyl sites for hydroxylation is 1. The average molecular weight is 463 g/mol. The second-order valence-electron chi connectivity index (χ2n) is 7.74. The minimum Gasteiger partial charge on any atom is -0.493 e. The van der Waals surface area contributed by atoms with Gasteiger partial charge in [0.05, 0.1) is 37.1 Å². The number of carbonyl (C=O) groups is 1. The second kappa shape index (κ2) is 9.34. The number of fused-ring (bicyclic) bond motifs is 2. The van der Waals surface area contributed by atoms with E-state index in [1.54, 1.807) is 32.4 Å². The number of nitrogens with one attached hydrogen (secondary N) is 1. The first-order valence-electron chi connectivity index (χ1n) is 10.6. The number of hydrogen-bond donors (Lipinski definition) is 1. The topological polar surface area (TPSA) is 118 Å². The summed E-state index contributed by atoms with van der Waals surface area (Å²) in [6.45, 7) is 6.99. The number of rotatable bonds is 7. The van der Waals surface area contributed by atoms with Gasteiger partial charge in [0.15, 0.2) is 11.5 Å². The van der Waals surface area contributed by atoms with Crippen molar-refractivity contribution >= 4 is 39.7 Å². The van der Waals surface area contributed by atoms with E-state index in [1.165, 1.54) is 6.92 Å². The monoisotopic (exact) mass is 463 g/mol. The van der Waals surface area contributed by atoms with Crippen molar-refractivity contribution < 1.29 is 23.7 Å². The Hall–Kier alpha value is -4.21. The quantitative estimate of drug-likeness (QED) is 0.396. The third-order valence-electron chi connectivity index (χ3n) is 4.87. The Labute approximate surface area is 196 Å². The first-order valence-corrected chi connectivity index (χ1v) is 10.6. The Kier molecular flexibility index (Phi) is 6.31. The van der Waals surface area contributed by atoms with Crippen LogP contribution in [0, 0.1) is 6.92 Å². The zero-order valence-electron chi connectivity index (χ0n) is 19.8. The number of esters is 1. The van der Waals surface area contributed by atoms with Crippen LogP contribution in [-0.4, -0.2) is 46.2 Å². The summed E-state index contributed by atoms with van der Waals surface area (Å²) in [7, 11) is 3.14.